The molecule has 1 fully saturated rings. The van der Waals surface area contributed by atoms with Gasteiger partial charge in [-0.05, 0) is 60.2 Å². The predicted octanol–water partition coefficient (Wildman–Crippen LogP) is 3.24. The van der Waals surface area contributed by atoms with Gasteiger partial charge in [0, 0.05) is 25.7 Å². The number of amides is 2. The second kappa shape index (κ2) is 11.8. The zero-order valence-electron chi connectivity index (χ0n) is 22.3. The molecule has 0 spiro atoms. The molecule has 1 unspecified atom stereocenters. The topological polar surface area (TPSA) is 122 Å². The van der Waals surface area contributed by atoms with Crippen LogP contribution in [0, 0.1) is 0 Å². The van der Waals surface area contributed by atoms with E-state index in [4.69, 9.17) is 5.73 Å². The third kappa shape index (κ3) is 6.76. The number of nitrogens with two attached hydrogens (primary N) is 1. The van der Waals surface area contributed by atoms with Crippen LogP contribution in [0.4, 0.5) is 13.2 Å². The molecule has 3 N–H and O–H groups in total. The Morgan fingerprint density at radius 3 is 2.48 bits per heavy atom. The van der Waals surface area contributed by atoms with Gasteiger partial charge in [-0.15, -0.1) is 13.2 Å². The second-order valence-corrected chi connectivity index (χ2v) is 12.2. The molecule has 2 atom stereocenters. The van der Waals surface area contributed by atoms with Gasteiger partial charge in [0.15, 0.2) is 0 Å². The van der Waals surface area contributed by atoms with Crippen LogP contribution in [0.15, 0.2) is 47.4 Å². The number of benzene rings is 2. The number of alkyl halides is 3. The van der Waals surface area contributed by atoms with Crippen LogP contribution in [0.5, 0.6) is 5.75 Å². The fourth-order valence-corrected chi connectivity index (χ4v) is 6.88. The van der Waals surface area contributed by atoms with Crippen molar-refractivity contribution in [1.82, 2.24) is 14.5 Å². The summed E-state index contributed by atoms with van der Waals surface area (Å²) < 4.78 is 69.2. The van der Waals surface area contributed by atoms with Gasteiger partial charge in [0.05, 0.1) is 17.4 Å². The molecule has 2 amide bonds. The van der Waals surface area contributed by atoms with E-state index in [2.05, 4.69) is 30.0 Å². The van der Waals surface area contributed by atoms with E-state index >= 15 is 0 Å². The van der Waals surface area contributed by atoms with Crippen molar-refractivity contribution >= 4 is 21.8 Å². The summed E-state index contributed by atoms with van der Waals surface area (Å²) in [6.07, 6.45) is -3.05. The predicted molar refractivity (Wildman–Crippen MR) is 140 cm³/mol. The van der Waals surface area contributed by atoms with E-state index in [1.165, 1.54) is 0 Å². The lowest BCUT2D eigenvalue weighted by atomic mass is 9.85. The summed E-state index contributed by atoms with van der Waals surface area (Å²) in [6.45, 7) is 4.84. The minimum Gasteiger partial charge on any atom is -0.406 e. The Bertz CT molecular complexity index is 1350. The fourth-order valence-electron chi connectivity index (χ4n) is 5.31. The summed E-state index contributed by atoms with van der Waals surface area (Å²) >= 11 is 0. The lowest BCUT2D eigenvalue weighted by Gasteiger charge is -2.44. The number of halogens is 3. The first kappa shape index (κ1) is 29.8. The highest BCUT2D eigenvalue weighted by Crippen LogP contribution is 2.38. The average Bonchev–Trinajstić information content (AvgIpc) is 2.87. The number of carbonyl (C=O) groups is 2. The number of carbonyl (C=O) groups excluding carboxylic acids is 2. The summed E-state index contributed by atoms with van der Waals surface area (Å²) in [4.78, 5) is 27.0. The molecule has 0 saturated carbocycles. The molecule has 9 nitrogen and oxygen atoms in total. The van der Waals surface area contributed by atoms with Gasteiger partial charge >= 0.3 is 6.36 Å². The standard InChI is InChI=1S/C27H33F3N4O5S/c1-17(2)32-16-18-6-11-22-19(14-18)4-3-5-23(22)33-12-13-34(24(26(33)36)15-25(31)35)40(37,38)21-9-7-20(8-10-21)39-27(28,29)30/h6-11,14,17,23-24,32H,3-5,12-13,15-16H2,1-2H3,(H2,31,35)/t23-,24?/m1/s1. The Kier molecular flexibility index (Phi) is 8.76. The van der Waals surface area contributed by atoms with Crippen molar-refractivity contribution in [1.29, 1.82) is 0 Å². The van der Waals surface area contributed by atoms with Crippen LogP contribution in [-0.2, 0) is 32.6 Å². The first-order valence-corrected chi connectivity index (χ1v) is 14.5. The van der Waals surface area contributed by atoms with E-state index in [0.29, 0.717) is 12.5 Å². The summed E-state index contributed by atoms with van der Waals surface area (Å²) in [5.41, 5.74) is 8.68. The van der Waals surface area contributed by atoms with Crippen LogP contribution in [-0.4, -0.2) is 61.0 Å². The minimum absolute atomic E-state index is 0.0867. The first-order chi connectivity index (χ1) is 18.8. The zero-order chi connectivity index (χ0) is 29.2. The normalized spacial score (nSPS) is 20.4. The number of rotatable bonds is 9. The molecule has 2 aromatic rings. The maximum atomic E-state index is 13.8. The maximum absolute atomic E-state index is 13.8. The molecule has 40 heavy (non-hydrogen) atoms. The van der Waals surface area contributed by atoms with Gasteiger partial charge in [0.1, 0.15) is 11.8 Å². The highest BCUT2D eigenvalue weighted by molar-refractivity contribution is 7.89. The van der Waals surface area contributed by atoms with Gasteiger partial charge in [-0.3, -0.25) is 9.59 Å². The molecule has 13 heteroatoms. The van der Waals surface area contributed by atoms with Gasteiger partial charge in [-0.2, -0.15) is 4.31 Å². The Labute approximate surface area is 231 Å². The molecule has 0 aromatic heterocycles. The number of hydrogen-bond donors (Lipinski definition) is 2. The van der Waals surface area contributed by atoms with Gasteiger partial charge < -0.3 is 20.7 Å². The van der Waals surface area contributed by atoms with Crippen LogP contribution in [0.3, 0.4) is 0 Å². The van der Waals surface area contributed by atoms with E-state index < -0.39 is 46.4 Å². The molecule has 2 aliphatic rings. The monoisotopic (exact) mass is 582 g/mol. The van der Waals surface area contributed by atoms with Gasteiger partial charge in [0.25, 0.3) is 0 Å². The first-order valence-electron chi connectivity index (χ1n) is 13.1. The molecule has 1 saturated heterocycles. The van der Waals surface area contributed by atoms with Gasteiger partial charge in [0.2, 0.25) is 21.8 Å². The average molecular weight is 583 g/mol. The van der Waals surface area contributed by atoms with Crippen molar-refractivity contribution in [3.05, 3.63) is 59.2 Å². The SMILES string of the molecule is CC(C)NCc1ccc2c(c1)CCC[C@H]2N1CCN(S(=O)(=O)c2ccc(OC(F)(F)F)cc2)C(CC(N)=O)C1=O. The fraction of sp³-hybridized carbons (Fsp3) is 0.481. The Morgan fingerprint density at radius 2 is 1.85 bits per heavy atom. The largest absolute Gasteiger partial charge is 0.573 e. The third-order valence-electron chi connectivity index (χ3n) is 7.12. The van der Waals surface area contributed by atoms with Crippen molar-refractivity contribution < 1.29 is 35.9 Å². The summed E-state index contributed by atoms with van der Waals surface area (Å²) in [5, 5.41) is 3.39. The van der Waals surface area contributed by atoms with Crippen molar-refractivity contribution in [2.45, 2.75) is 75.5 Å². The van der Waals surface area contributed by atoms with Gasteiger partial charge in [-0.25, -0.2) is 8.42 Å². The lowest BCUT2D eigenvalue weighted by molar-refractivity contribution is -0.274. The molecule has 1 aliphatic carbocycles. The van der Waals surface area contributed by atoms with Crippen LogP contribution >= 0.6 is 0 Å². The van der Waals surface area contributed by atoms with E-state index in [1.807, 2.05) is 12.1 Å². The number of nitrogens with one attached hydrogen (secondary N) is 1. The molecular formula is C27H33F3N4O5S. The molecule has 2 aromatic carbocycles. The zero-order valence-corrected chi connectivity index (χ0v) is 23.1. The van der Waals surface area contributed by atoms with Crippen LogP contribution in [0.25, 0.3) is 0 Å². The number of fused-ring (bicyclic) bond motifs is 1. The highest BCUT2D eigenvalue weighted by atomic mass is 32.2. The number of nitrogens with zero attached hydrogens (tertiary/aromatic N) is 2. The summed E-state index contributed by atoms with van der Waals surface area (Å²) in [5.74, 6) is -1.96. The Balaban J connectivity index is 1.58. The number of primary amides is 1. The van der Waals surface area contributed by atoms with Crippen molar-refractivity contribution in [3.8, 4) is 5.75 Å². The number of sulfonamides is 1. The molecule has 4 rings (SSSR count). The number of hydrogen-bond acceptors (Lipinski definition) is 6. The maximum Gasteiger partial charge on any atom is 0.573 e. The van der Waals surface area contributed by atoms with Crippen molar-refractivity contribution in [3.63, 3.8) is 0 Å². The smallest absolute Gasteiger partial charge is 0.406 e. The minimum atomic E-state index is -4.93. The van der Waals surface area contributed by atoms with E-state index in [-0.39, 0.29) is 24.0 Å². The van der Waals surface area contributed by atoms with Crippen molar-refractivity contribution in [2.24, 2.45) is 5.73 Å². The Morgan fingerprint density at radius 1 is 1.15 bits per heavy atom. The van der Waals surface area contributed by atoms with E-state index in [1.54, 1.807) is 4.90 Å². The van der Waals surface area contributed by atoms with E-state index in [9.17, 15) is 31.2 Å². The molecule has 1 heterocycles. The van der Waals surface area contributed by atoms with E-state index in [0.717, 1.165) is 64.6 Å². The summed E-state index contributed by atoms with van der Waals surface area (Å²) in [6, 6.07) is 8.55. The molecule has 0 bridgehead atoms. The van der Waals surface area contributed by atoms with Crippen LogP contribution in [0.1, 0.15) is 55.8 Å². The van der Waals surface area contributed by atoms with Crippen LogP contribution < -0.4 is 15.8 Å². The third-order valence-corrected chi connectivity index (χ3v) is 9.04. The van der Waals surface area contributed by atoms with Gasteiger partial charge in [-0.1, -0.05) is 32.0 Å². The lowest BCUT2D eigenvalue weighted by Crippen LogP contribution is -2.60. The quantitative estimate of drug-likeness (QED) is 0.468. The Hall–Kier alpha value is -3.16. The molecule has 218 valence electrons. The van der Waals surface area contributed by atoms with Crippen LogP contribution in [0.2, 0.25) is 0 Å². The molecule has 1 aliphatic heterocycles. The number of aryl methyl sites for hydroxylation is 1. The van der Waals surface area contributed by atoms with Crippen molar-refractivity contribution in [2.75, 3.05) is 13.1 Å². The molecular weight excluding hydrogens is 549 g/mol. The highest BCUT2D eigenvalue weighted by Gasteiger charge is 2.45. The summed E-state index contributed by atoms with van der Waals surface area (Å²) in [7, 11) is -4.35. The molecule has 0 radical (unpaired) electrons. The number of ether oxygens (including phenoxy) is 1. The second-order valence-electron chi connectivity index (χ2n) is 10.3. The number of piperazine rings is 1.